The van der Waals surface area contributed by atoms with Crippen LogP contribution in [0, 0.1) is 0 Å². The molecule has 1 N–H and O–H groups in total. The van der Waals surface area contributed by atoms with E-state index in [2.05, 4.69) is 5.32 Å². The summed E-state index contributed by atoms with van der Waals surface area (Å²) in [5.74, 6) is -0.380. The molecule has 0 spiro atoms. The lowest BCUT2D eigenvalue weighted by atomic mass is 10.0. The second-order valence-electron chi connectivity index (χ2n) is 6.70. The molecule has 1 aromatic rings. The molecule has 26 heavy (non-hydrogen) atoms. The van der Waals surface area contributed by atoms with Gasteiger partial charge in [-0.1, -0.05) is 12.5 Å². The zero-order chi connectivity index (χ0) is 18.7. The summed E-state index contributed by atoms with van der Waals surface area (Å²) in [4.78, 5) is 28.2. The van der Waals surface area contributed by atoms with Crippen LogP contribution in [0.3, 0.4) is 0 Å². The van der Waals surface area contributed by atoms with Crippen LogP contribution in [-0.2, 0) is 11.0 Å². The van der Waals surface area contributed by atoms with Crippen LogP contribution in [0.5, 0.6) is 0 Å². The van der Waals surface area contributed by atoms with E-state index >= 15 is 0 Å². The molecule has 0 radical (unpaired) electrons. The maximum Gasteiger partial charge on any atom is 0.416 e. The van der Waals surface area contributed by atoms with Gasteiger partial charge in [0.25, 0.3) is 5.91 Å². The van der Waals surface area contributed by atoms with Crippen molar-refractivity contribution in [3.63, 3.8) is 0 Å². The van der Waals surface area contributed by atoms with E-state index in [1.165, 1.54) is 17.0 Å². The largest absolute Gasteiger partial charge is 0.416 e. The average Bonchev–Trinajstić information content (AvgIpc) is 2.67. The molecule has 2 amide bonds. The highest BCUT2D eigenvalue weighted by atomic mass is 19.4. The Kier molecular flexibility index (Phi) is 5.50. The van der Waals surface area contributed by atoms with Gasteiger partial charge in [-0.25, -0.2) is 0 Å². The predicted molar refractivity (Wildman–Crippen MR) is 89.6 cm³/mol. The number of carbonyl (C=O) groups excluding carboxylic acids is 2. The van der Waals surface area contributed by atoms with Crippen molar-refractivity contribution in [2.45, 2.75) is 31.5 Å². The molecule has 0 bridgehead atoms. The first kappa shape index (κ1) is 18.7. The van der Waals surface area contributed by atoms with Crippen molar-refractivity contribution in [2.24, 2.45) is 0 Å². The Morgan fingerprint density at radius 1 is 1.04 bits per heavy atom. The van der Waals surface area contributed by atoms with Gasteiger partial charge in [-0.3, -0.25) is 9.59 Å². The lowest BCUT2D eigenvalue weighted by Gasteiger charge is -2.37. The third-order valence-electron chi connectivity index (χ3n) is 4.92. The minimum atomic E-state index is -4.48. The van der Waals surface area contributed by atoms with Gasteiger partial charge < -0.3 is 15.1 Å². The summed E-state index contributed by atoms with van der Waals surface area (Å²) in [7, 11) is 0. The SMILES string of the molecule is O=C(c1cccc(C(F)(F)F)c1)N1CCN(C(=O)C2CCCCN2)CC1. The standard InChI is InChI=1S/C18H22F3N3O2/c19-18(20,21)14-5-3-4-13(12-14)16(25)23-8-10-24(11-9-23)17(26)15-6-1-2-7-22-15/h3-5,12,15,22H,1-2,6-11H2. The second-order valence-corrected chi connectivity index (χ2v) is 6.70. The van der Waals surface area contributed by atoms with Crippen LogP contribution in [0.15, 0.2) is 24.3 Å². The van der Waals surface area contributed by atoms with Gasteiger partial charge in [0.05, 0.1) is 11.6 Å². The zero-order valence-electron chi connectivity index (χ0n) is 14.4. The number of piperidine rings is 1. The van der Waals surface area contributed by atoms with Crippen LogP contribution in [0.1, 0.15) is 35.2 Å². The summed E-state index contributed by atoms with van der Waals surface area (Å²) in [6, 6.07) is 4.30. The minimum absolute atomic E-state index is 0.0218. The number of amides is 2. The number of hydrogen-bond donors (Lipinski definition) is 1. The molecule has 2 aliphatic rings. The molecule has 2 heterocycles. The molecule has 1 atom stereocenters. The number of hydrogen-bond acceptors (Lipinski definition) is 3. The minimum Gasteiger partial charge on any atom is -0.338 e. The molecule has 142 valence electrons. The lowest BCUT2D eigenvalue weighted by Crippen LogP contribution is -2.55. The monoisotopic (exact) mass is 369 g/mol. The van der Waals surface area contributed by atoms with Gasteiger partial charge in [-0.05, 0) is 37.6 Å². The van der Waals surface area contributed by atoms with Crippen LogP contribution in [0.25, 0.3) is 0 Å². The van der Waals surface area contributed by atoms with Gasteiger partial charge in [0.1, 0.15) is 0 Å². The number of carbonyl (C=O) groups is 2. The topological polar surface area (TPSA) is 52.7 Å². The zero-order valence-corrected chi connectivity index (χ0v) is 14.4. The molecule has 0 aliphatic carbocycles. The lowest BCUT2D eigenvalue weighted by molar-refractivity contribution is -0.137. The molecule has 1 unspecified atom stereocenters. The van der Waals surface area contributed by atoms with Gasteiger partial charge in [0.15, 0.2) is 0 Å². The maximum atomic E-state index is 12.8. The van der Waals surface area contributed by atoms with E-state index in [0.717, 1.165) is 37.9 Å². The summed E-state index contributed by atoms with van der Waals surface area (Å²) in [5, 5.41) is 3.22. The van der Waals surface area contributed by atoms with Crippen LogP contribution in [-0.4, -0.2) is 60.4 Å². The fourth-order valence-corrected chi connectivity index (χ4v) is 3.42. The molecule has 0 saturated carbocycles. The predicted octanol–water partition coefficient (Wildman–Crippen LogP) is 2.13. The molecular weight excluding hydrogens is 347 g/mol. The Labute approximate surface area is 150 Å². The quantitative estimate of drug-likeness (QED) is 0.869. The number of nitrogens with zero attached hydrogens (tertiary/aromatic N) is 2. The molecule has 8 heteroatoms. The maximum absolute atomic E-state index is 12.8. The Balaban J connectivity index is 1.59. The van der Waals surface area contributed by atoms with Crippen LogP contribution in [0.4, 0.5) is 13.2 Å². The summed E-state index contributed by atoms with van der Waals surface area (Å²) in [5.41, 5.74) is -0.811. The number of benzene rings is 1. The smallest absolute Gasteiger partial charge is 0.338 e. The summed E-state index contributed by atoms with van der Waals surface area (Å²) in [6.45, 7) is 2.30. The van der Waals surface area contributed by atoms with Gasteiger partial charge in [-0.15, -0.1) is 0 Å². The summed E-state index contributed by atoms with van der Waals surface area (Å²) < 4.78 is 38.4. The van der Waals surface area contributed by atoms with Crippen LogP contribution in [0.2, 0.25) is 0 Å². The average molecular weight is 369 g/mol. The molecule has 5 nitrogen and oxygen atoms in total. The van der Waals surface area contributed by atoms with Crippen LogP contribution >= 0.6 is 0 Å². The number of halogens is 3. The molecule has 3 rings (SSSR count). The number of nitrogens with one attached hydrogen (secondary N) is 1. The van der Waals surface area contributed by atoms with Gasteiger partial charge in [-0.2, -0.15) is 13.2 Å². The van der Waals surface area contributed by atoms with E-state index in [1.54, 1.807) is 4.90 Å². The third kappa shape index (κ3) is 4.17. The fraction of sp³-hybridized carbons (Fsp3) is 0.556. The van der Waals surface area contributed by atoms with Crippen molar-refractivity contribution in [1.29, 1.82) is 0 Å². The van der Waals surface area contributed by atoms with Crippen molar-refractivity contribution in [3.8, 4) is 0 Å². The number of alkyl halides is 3. The first-order chi connectivity index (χ1) is 12.4. The fourth-order valence-electron chi connectivity index (χ4n) is 3.42. The van der Waals surface area contributed by atoms with Crippen molar-refractivity contribution in [2.75, 3.05) is 32.7 Å². The third-order valence-corrected chi connectivity index (χ3v) is 4.92. The van der Waals surface area contributed by atoms with E-state index in [0.29, 0.717) is 26.2 Å². The molecule has 0 aromatic heterocycles. The Morgan fingerprint density at radius 2 is 1.73 bits per heavy atom. The normalized spacial score (nSPS) is 21.6. The van der Waals surface area contributed by atoms with Crippen molar-refractivity contribution in [3.05, 3.63) is 35.4 Å². The van der Waals surface area contributed by atoms with E-state index in [1.807, 2.05) is 0 Å². The Hall–Kier alpha value is -2.09. The summed E-state index contributed by atoms with van der Waals surface area (Å²) in [6.07, 6.45) is -1.56. The van der Waals surface area contributed by atoms with Crippen molar-refractivity contribution < 1.29 is 22.8 Å². The molecule has 2 aliphatic heterocycles. The van der Waals surface area contributed by atoms with Crippen molar-refractivity contribution in [1.82, 2.24) is 15.1 Å². The molecular formula is C18H22F3N3O2. The highest BCUT2D eigenvalue weighted by molar-refractivity contribution is 5.94. The molecule has 2 fully saturated rings. The summed E-state index contributed by atoms with van der Waals surface area (Å²) >= 11 is 0. The first-order valence-electron chi connectivity index (χ1n) is 8.85. The molecule has 1 aromatic carbocycles. The van der Waals surface area contributed by atoms with E-state index in [9.17, 15) is 22.8 Å². The Bertz CT molecular complexity index is 664. The van der Waals surface area contributed by atoms with Gasteiger partial charge >= 0.3 is 6.18 Å². The van der Waals surface area contributed by atoms with E-state index in [-0.39, 0.29) is 17.5 Å². The van der Waals surface area contributed by atoms with E-state index in [4.69, 9.17) is 0 Å². The highest BCUT2D eigenvalue weighted by Gasteiger charge is 2.33. The van der Waals surface area contributed by atoms with Gasteiger partial charge in [0, 0.05) is 31.7 Å². The van der Waals surface area contributed by atoms with Crippen molar-refractivity contribution >= 4 is 11.8 Å². The van der Waals surface area contributed by atoms with Gasteiger partial charge in [0.2, 0.25) is 5.91 Å². The second kappa shape index (κ2) is 7.65. The Morgan fingerprint density at radius 3 is 2.35 bits per heavy atom. The first-order valence-corrected chi connectivity index (χ1v) is 8.85. The molecule has 2 saturated heterocycles. The number of rotatable bonds is 2. The number of piperazine rings is 1. The highest BCUT2D eigenvalue weighted by Crippen LogP contribution is 2.29. The van der Waals surface area contributed by atoms with E-state index < -0.39 is 17.6 Å². The van der Waals surface area contributed by atoms with Crippen LogP contribution < -0.4 is 5.32 Å².